The van der Waals surface area contributed by atoms with Crippen molar-refractivity contribution in [3.05, 3.63) is 89.0 Å². The maximum absolute atomic E-state index is 13.8. The van der Waals surface area contributed by atoms with Crippen LogP contribution in [0.1, 0.15) is 11.5 Å². The number of methoxy groups -OCH3 is 1. The fourth-order valence-electron chi connectivity index (χ4n) is 4.15. The Bertz CT molecular complexity index is 1630. The minimum absolute atomic E-state index is 0.197. The van der Waals surface area contributed by atoms with Gasteiger partial charge in [-0.2, -0.15) is 18.3 Å². The van der Waals surface area contributed by atoms with Gasteiger partial charge in [0.2, 0.25) is 0 Å². The van der Waals surface area contributed by atoms with Crippen LogP contribution in [0.2, 0.25) is 0 Å². The second-order valence-electron chi connectivity index (χ2n) is 8.13. The fourth-order valence-corrected chi connectivity index (χ4v) is 4.15. The molecule has 0 aliphatic rings. The number of alkyl halides is 3. The molecule has 190 valence electrons. The lowest BCUT2D eigenvalue weighted by Gasteiger charge is -2.12. The molecule has 0 atom stereocenters. The number of pyridine rings is 1. The zero-order chi connectivity index (χ0) is 26.3. The van der Waals surface area contributed by atoms with E-state index < -0.39 is 34.1 Å². The zero-order valence-electron chi connectivity index (χ0n) is 19.7. The number of ether oxygens (including phenoxy) is 1. The maximum Gasteiger partial charge on any atom is 0.435 e. The van der Waals surface area contributed by atoms with E-state index in [-0.39, 0.29) is 5.69 Å². The van der Waals surface area contributed by atoms with Crippen LogP contribution in [0.3, 0.4) is 0 Å². The molecular formula is C25H21F3N6O3. The van der Waals surface area contributed by atoms with Crippen LogP contribution < -0.4 is 15.6 Å². The number of fused-ring (bicyclic) bond motifs is 1. The standard InChI is InChI=1S/C25H21F3N6O3/c1-29-13-20-30-11-12-32(20)15-3-5-16(6-4-15)33-14-19(35)21-22(24(33)36)34(31-23(21)25(26,27)28)17-7-9-18(37-2)10-8-17/h3-12,14,29,35H,13H2,1-2H3. The van der Waals surface area contributed by atoms with Gasteiger partial charge in [0.1, 0.15) is 22.8 Å². The Kier molecular flexibility index (Phi) is 5.96. The van der Waals surface area contributed by atoms with E-state index in [1.807, 2.05) is 4.57 Å². The Balaban J connectivity index is 1.68. The summed E-state index contributed by atoms with van der Waals surface area (Å²) < 4.78 is 50.5. The van der Waals surface area contributed by atoms with Gasteiger partial charge >= 0.3 is 6.18 Å². The highest BCUT2D eigenvalue weighted by Gasteiger charge is 2.39. The summed E-state index contributed by atoms with van der Waals surface area (Å²) in [5.41, 5.74) is -1.23. The largest absolute Gasteiger partial charge is 0.506 e. The van der Waals surface area contributed by atoms with Crippen molar-refractivity contribution in [3.63, 3.8) is 0 Å². The molecule has 0 saturated carbocycles. The molecule has 0 spiro atoms. The summed E-state index contributed by atoms with van der Waals surface area (Å²) in [5.74, 6) is 0.526. The normalized spacial score (nSPS) is 11.8. The van der Waals surface area contributed by atoms with Crippen LogP contribution in [0.15, 0.2) is 71.9 Å². The number of hydrogen-bond donors (Lipinski definition) is 2. The summed E-state index contributed by atoms with van der Waals surface area (Å²) in [6.45, 7) is 0.537. The van der Waals surface area contributed by atoms with Gasteiger partial charge in [-0.15, -0.1) is 0 Å². The van der Waals surface area contributed by atoms with Crippen molar-refractivity contribution < 1.29 is 23.0 Å². The molecule has 0 aliphatic carbocycles. The van der Waals surface area contributed by atoms with Gasteiger partial charge in [0, 0.05) is 23.8 Å². The first-order valence-electron chi connectivity index (χ1n) is 11.1. The molecule has 2 aromatic carbocycles. The number of benzene rings is 2. The predicted octanol–water partition coefficient (Wildman–Crippen LogP) is 3.81. The first kappa shape index (κ1) is 24.1. The molecule has 9 nitrogen and oxygen atoms in total. The van der Waals surface area contributed by atoms with Crippen LogP contribution in [0.25, 0.3) is 28.0 Å². The summed E-state index contributed by atoms with van der Waals surface area (Å²) in [6, 6.07) is 12.8. The third kappa shape index (κ3) is 4.20. The Morgan fingerprint density at radius 1 is 1.00 bits per heavy atom. The van der Waals surface area contributed by atoms with Crippen LogP contribution in [0.4, 0.5) is 13.2 Å². The summed E-state index contributed by atoms with van der Waals surface area (Å²) in [7, 11) is 3.26. The van der Waals surface area contributed by atoms with Crippen molar-refractivity contribution in [3.8, 4) is 28.6 Å². The average Bonchev–Trinajstić information content (AvgIpc) is 3.52. The van der Waals surface area contributed by atoms with E-state index in [4.69, 9.17) is 4.74 Å². The third-order valence-electron chi connectivity index (χ3n) is 5.86. The number of imidazole rings is 1. The van der Waals surface area contributed by atoms with E-state index in [2.05, 4.69) is 15.4 Å². The molecule has 0 fully saturated rings. The monoisotopic (exact) mass is 510 g/mol. The second-order valence-corrected chi connectivity index (χ2v) is 8.13. The lowest BCUT2D eigenvalue weighted by atomic mass is 10.2. The summed E-state index contributed by atoms with van der Waals surface area (Å²) in [5, 5.41) is 16.7. The van der Waals surface area contributed by atoms with Crippen molar-refractivity contribution in [2.75, 3.05) is 14.2 Å². The second kappa shape index (κ2) is 9.13. The number of halogens is 3. The molecular weight excluding hydrogens is 489 g/mol. The van der Waals surface area contributed by atoms with Crippen molar-refractivity contribution >= 4 is 10.9 Å². The topological polar surface area (TPSA) is 99.1 Å². The van der Waals surface area contributed by atoms with Crippen LogP contribution in [0, 0.1) is 0 Å². The van der Waals surface area contributed by atoms with E-state index in [9.17, 15) is 23.1 Å². The molecule has 37 heavy (non-hydrogen) atoms. The minimum Gasteiger partial charge on any atom is -0.506 e. The lowest BCUT2D eigenvalue weighted by Crippen LogP contribution is -2.20. The summed E-state index contributed by atoms with van der Waals surface area (Å²) >= 11 is 0. The van der Waals surface area contributed by atoms with Crippen LogP contribution in [0.5, 0.6) is 11.5 Å². The van der Waals surface area contributed by atoms with Gasteiger partial charge in [0.15, 0.2) is 5.69 Å². The maximum atomic E-state index is 13.8. The van der Waals surface area contributed by atoms with E-state index in [1.165, 1.54) is 31.4 Å². The molecule has 0 bridgehead atoms. The number of aromatic hydroxyl groups is 1. The summed E-state index contributed by atoms with van der Waals surface area (Å²) in [6.07, 6.45) is -0.477. The van der Waals surface area contributed by atoms with E-state index in [1.54, 1.807) is 43.7 Å². The van der Waals surface area contributed by atoms with Crippen LogP contribution in [-0.2, 0) is 12.7 Å². The smallest absolute Gasteiger partial charge is 0.435 e. The Hall–Kier alpha value is -4.58. The highest BCUT2D eigenvalue weighted by molar-refractivity contribution is 5.89. The number of nitrogens with one attached hydrogen (secondary N) is 1. The molecule has 5 aromatic rings. The molecule has 2 N–H and O–H groups in total. The molecule has 3 aromatic heterocycles. The first-order chi connectivity index (χ1) is 17.7. The number of nitrogens with zero attached hydrogens (tertiary/aromatic N) is 5. The van der Waals surface area contributed by atoms with E-state index >= 15 is 0 Å². The summed E-state index contributed by atoms with van der Waals surface area (Å²) in [4.78, 5) is 17.9. The highest BCUT2D eigenvalue weighted by atomic mass is 19.4. The van der Waals surface area contributed by atoms with Crippen LogP contribution in [-0.4, -0.2) is 43.2 Å². The third-order valence-corrected chi connectivity index (χ3v) is 5.86. The van der Waals surface area contributed by atoms with Crippen molar-refractivity contribution in [2.24, 2.45) is 0 Å². The van der Waals surface area contributed by atoms with Crippen molar-refractivity contribution in [1.82, 2.24) is 29.2 Å². The van der Waals surface area contributed by atoms with Gasteiger partial charge in [0.25, 0.3) is 5.56 Å². The van der Waals surface area contributed by atoms with Gasteiger partial charge < -0.3 is 19.7 Å². The van der Waals surface area contributed by atoms with Gasteiger partial charge in [-0.1, -0.05) is 0 Å². The first-order valence-corrected chi connectivity index (χ1v) is 11.1. The SMILES string of the molecule is CNCc1nccn1-c1ccc(-n2cc(O)c3c(C(F)(F)F)nn(-c4ccc(OC)cc4)c3c2=O)cc1. The van der Waals surface area contributed by atoms with Gasteiger partial charge in [-0.25, -0.2) is 9.67 Å². The Labute approximate surface area is 208 Å². The van der Waals surface area contributed by atoms with Crippen molar-refractivity contribution in [2.45, 2.75) is 12.7 Å². The molecule has 3 heterocycles. The Morgan fingerprint density at radius 3 is 2.22 bits per heavy atom. The van der Waals surface area contributed by atoms with Crippen molar-refractivity contribution in [1.29, 1.82) is 0 Å². The highest BCUT2D eigenvalue weighted by Crippen LogP contribution is 2.38. The van der Waals surface area contributed by atoms with Gasteiger partial charge in [-0.05, 0) is 55.6 Å². The van der Waals surface area contributed by atoms with Crippen LogP contribution >= 0.6 is 0 Å². The fraction of sp³-hybridized carbons (Fsp3) is 0.160. The van der Waals surface area contributed by atoms with Gasteiger partial charge in [-0.3, -0.25) is 9.36 Å². The molecule has 0 aliphatic heterocycles. The number of hydrogen-bond acceptors (Lipinski definition) is 6. The molecule has 0 amide bonds. The van der Waals surface area contributed by atoms with Gasteiger partial charge in [0.05, 0.1) is 30.9 Å². The molecule has 0 saturated heterocycles. The molecule has 5 rings (SSSR count). The number of aromatic nitrogens is 5. The quantitative estimate of drug-likeness (QED) is 0.361. The molecule has 0 radical (unpaired) electrons. The molecule has 0 unspecified atom stereocenters. The van der Waals surface area contributed by atoms with E-state index in [0.717, 1.165) is 27.0 Å². The number of rotatable bonds is 6. The molecule has 12 heteroatoms. The average molecular weight is 510 g/mol. The van der Waals surface area contributed by atoms with E-state index in [0.29, 0.717) is 18.0 Å². The predicted molar refractivity (Wildman–Crippen MR) is 130 cm³/mol. The lowest BCUT2D eigenvalue weighted by molar-refractivity contribution is -0.140. The minimum atomic E-state index is -4.90. The zero-order valence-corrected chi connectivity index (χ0v) is 19.7. The Morgan fingerprint density at radius 2 is 1.62 bits per heavy atom.